The van der Waals surface area contributed by atoms with Gasteiger partial charge in [0.1, 0.15) is 0 Å². The summed E-state index contributed by atoms with van der Waals surface area (Å²) in [7, 11) is 1.48. The normalized spacial score (nSPS) is 16.2. The molecule has 1 unspecified atom stereocenters. The predicted octanol–water partition coefficient (Wildman–Crippen LogP) is 3.33. The van der Waals surface area contributed by atoms with Crippen LogP contribution in [0.1, 0.15) is 38.7 Å². The van der Waals surface area contributed by atoms with Crippen LogP contribution in [0.4, 0.5) is 4.39 Å². The SMILES string of the molecule is CCCC(CCO)CN=C(NCC)N1CCN(Cc2ccc(OC)c(F)c2)CC1.I. The zero-order chi connectivity index (χ0) is 21.1. The summed E-state index contributed by atoms with van der Waals surface area (Å²) in [6, 6.07) is 5.18. The minimum Gasteiger partial charge on any atom is -0.494 e. The van der Waals surface area contributed by atoms with Gasteiger partial charge < -0.3 is 20.1 Å². The van der Waals surface area contributed by atoms with Crippen molar-refractivity contribution in [2.45, 2.75) is 39.7 Å². The smallest absolute Gasteiger partial charge is 0.194 e. The summed E-state index contributed by atoms with van der Waals surface area (Å²) in [5.41, 5.74) is 0.962. The maximum absolute atomic E-state index is 13.9. The van der Waals surface area contributed by atoms with Crippen LogP contribution in [0.5, 0.6) is 5.75 Å². The molecule has 1 aliphatic rings. The fourth-order valence-corrected chi connectivity index (χ4v) is 3.74. The van der Waals surface area contributed by atoms with Crippen molar-refractivity contribution in [1.82, 2.24) is 15.1 Å². The highest BCUT2D eigenvalue weighted by molar-refractivity contribution is 14.0. The van der Waals surface area contributed by atoms with E-state index < -0.39 is 0 Å². The molecule has 0 aliphatic carbocycles. The number of benzene rings is 1. The molecule has 1 aromatic carbocycles. The third-order valence-electron chi connectivity index (χ3n) is 5.36. The molecule has 1 heterocycles. The summed E-state index contributed by atoms with van der Waals surface area (Å²) in [5, 5.41) is 12.7. The fraction of sp³-hybridized carbons (Fsp3) is 0.682. The number of ether oxygens (including phenoxy) is 1. The lowest BCUT2D eigenvalue weighted by Gasteiger charge is -2.36. The Labute approximate surface area is 197 Å². The molecular weight excluding hydrogens is 498 g/mol. The Morgan fingerprint density at radius 2 is 1.97 bits per heavy atom. The summed E-state index contributed by atoms with van der Waals surface area (Å²) >= 11 is 0. The molecule has 0 radical (unpaired) electrons. The molecule has 0 saturated carbocycles. The number of guanidine groups is 1. The average molecular weight is 536 g/mol. The Balaban J connectivity index is 0.00000450. The third-order valence-corrected chi connectivity index (χ3v) is 5.36. The number of nitrogens with one attached hydrogen (secondary N) is 1. The highest BCUT2D eigenvalue weighted by Crippen LogP contribution is 2.19. The van der Waals surface area contributed by atoms with Crippen LogP contribution in [-0.4, -0.2) is 73.9 Å². The van der Waals surface area contributed by atoms with Gasteiger partial charge in [-0.1, -0.05) is 19.4 Å². The second-order valence-electron chi connectivity index (χ2n) is 7.59. The van der Waals surface area contributed by atoms with Gasteiger partial charge in [-0.15, -0.1) is 24.0 Å². The van der Waals surface area contributed by atoms with E-state index in [1.165, 1.54) is 7.11 Å². The standard InChI is InChI=1S/C22H37FN4O2.HI/c1-4-6-18(9-14-28)16-25-22(24-5-2)27-12-10-26(11-13-27)17-19-7-8-21(29-3)20(23)15-19;/h7-8,15,18,28H,4-6,9-14,16-17H2,1-3H3,(H,24,25);1H. The molecule has 1 saturated heterocycles. The number of aliphatic hydroxyl groups is 1. The first-order valence-corrected chi connectivity index (χ1v) is 10.8. The Kier molecular flexibility index (Phi) is 13.3. The van der Waals surface area contributed by atoms with Crippen LogP contribution in [0, 0.1) is 11.7 Å². The van der Waals surface area contributed by atoms with E-state index in [4.69, 9.17) is 9.73 Å². The molecule has 1 aromatic rings. The Hall–Kier alpha value is -1.13. The van der Waals surface area contributed by atoms with Crippen molar-refractivity contribution in [2.75, 3.05) is 53.0 Å². The third kappa shape index (κ3) is 8.55. The number of methoxy groups -OCH3 is 1. The zero-order valence-electron chi connectivity index (χ0n) is 18.6. The van der Waals surface area contributed by atoms with Crippen LogP contribution >= 0.6 is 24.0 Å². The van der Waals surface area contributed by atoms with Crippen molar-refractivity contribution in [3.05, 3.63) is 29.6 Å². The van der Waals surface area contributed by atoms with Crippen LogP contribution in [0.3, 0.4) is 0 Å². The van der Waals surface area contributed by atoms with E-state index in [0.29, 0.717) is 5.92 Å². The van der Waals surface area contributed by atoms with Crippen molar-refractivity contribution < 1.29 is 14.2 Å². The van der Waals surface area contributed by atoms with Gasteiger partial charge in [0.25, 0.3) is 0 Å². The van der Waals surface area contributed by atoms with Gasteiger partial charge in [0.05, 0.1) is 7.11 Å². The molecule has 8 heteroatoms. The van der Waals surface area contributed by atoms with Gasteiger partial charge in [0.2, 0.25) is 0 Å². The minimum atomic E-state index is -0.310. The van der Waals surface area contributed by atoms with Crippen LogP contribution < -0.4 is 10.1 Å². The van der Waals surface area contributed by atoms with Gasteiger partial charge in [0, 0.05) is 52.4 Å². The Bertz CT molecular complexity index is 634. The molecule has 1 aliphatic heterocycles. The molecule has 1 atom stereocenters. The second kappa shape index (κ2) is 14.8. The van der Waals surface area contributed by atoms with Gasteiger partial charge in [0.15, 0.2) is 17.5 Å². The molecule has 0 amide bonds. The fourth-order valence-electron chi connectivity index (χ4n) is 3.74. The lowest BCUT2D eigenvalue weighted by atomic mass is 10.0. The molecular formula is C22H38FIN4O2. The van der Waals surface area contributed by atoms with Gasteiger partial charge in [-0.05, 0) is 43.4 Å². The summed E-state index contributed by atoms with van der Waals surface area (Å²) in [4.78, 5) is 9.50. The van der Waals surface area contributed by atoms with Crippen molar-refractivity contribution in [1.29, 1.82) is 0 Å². The molecule has 172 valence electrons. The first-order valence-electron chi connectivity index (χ1n) is 10.8. The number of piperazine rings is 1. The molecule has 6 nitrogen and oxygen atoms in total. The van der Waals surface area contributed by atoms with Gasteiger partial charge in [-0.2, -0.15) is 0 Å². The monoisotopic (exact) mass is 536 g/mol. The van der Waals surface area contributed by atoms with Crippen molar-refractivity contribution in [3.63, 3.8) is 0 Å². The number of hydrogen-bond acceptors (Lipinski definition) is 4. The largest absolute Gasteiger partial charge is 0.494 e. The lowest BCUT2D eigenvalue weighted by Crippen LogP contribution is -2.52. The van der Waals surface area contributed by atoms with Crippen LogP contribution in [0.25, 0.3) is 0 Å². The summed E-state index contributed by atoms with van der Waals surface area (Å²) < 4.78 is 18.9. The minimum absolute atomic E-state index is 0. The molecule has 1 fully saturated rings. The van der Waals surface area contributed by atoms with E-state index in [-0.39, 0.29) is 42.2 Å². The lowest BCUT2D eigenvalue weighted by molar-refractivity contribution is 0.172. The molecule has 30 heavy (non-hydrogen) atoms. The molecule has 0 spiro atoms. The van der Waals surface area contributed by atoms with Crippen molar-refractivity contribution in [3.8, 4) is 5.75 Å². The summed E-state index contributed by atoms with van der Waals surface area (Å²) in [6.45, 7) is 10.4. The molecule has 0 aromatic heterocycles. The number of aliphatic imine (C=N–C) groups is 1. The van der Waals surface area contributed by atoms with E-state index in [1.807, 2.05) is 6.07 Å². The van der Waals surface area contributed by atoms with Crippen LogP contribution in [0.2, 0.25) is 0 Å². The van der Waals surface area contributed by atoms with Crippen LogP contribution in [0.15, 0.2) is 23.2 Å². The van der Waals surface area contributed by atoms with Crippen molar-refractivity contribution >= 4 is 29.9 Å². The second-order valence-corrected chi connectivity index (χ2v) is 7.59. The molecule has 0 bridgehead atoms. The molecule has 2 rings (SSSR count). The van der Waals surface area contributed by atoms with Crippen LogP contribution in [-0.2, 0) is 6.54 Å². The quantitative estimate of drug-likeness (QED) is 0.273. The Morgan fingerprint density at radius 3 is 2.53 bits per heavy atom. The average Bonchev–Trinajstić information content (AvgIpc) is 2.72. The zero-order valence-corrected chi connectivity index (χ0v) is 20.9. The van der Waals surface area contributed by atoms with E-state index in [1.54, 1.807) is 12.1 Å². The number of nitrogens with zero attached hydrogens (tertiary/aromatic N) is 3. The molecule has 2 N–H and O–H groups in total. The van der Waals surface area contributed by atoms with Gasteiger partial charge in [-0.3, -0.25) is 9.89 Å². The predicted molar refractivity (Wildman–Crippen MR) is 131 cm³/mol. The van der Waals surface area contributed by atoms with Gasteiger partial charge >= 0.3 is 0 Å². The number of aliphatic hydroxyl groups excluding tert-OH is 1. The number of rotatable bonds is 10. The highest BCUT2D eigenvalue weighted by atomic mass is 127. The first-order chi connectivity index (χ1) is 14.1. The number of hydrogen-bond donors (Lipinski definition) is 2. The Morgan fingerprint density at radius 1 is 1.23 bits per heavy atom. The van der Waals surface area contributed by atoms with Gasteiger partial charge in [-0.25, -0.2) is 4.39 Å². The maximum atomic E-state index is 13.9. The van der Waals surface area contributed by atoms with E-state index >= 15 is 0 Å². The van der Waals surface area contributed by atoms with E-state index in [2.05, 4.69) is 29.0 Å². The topological polar surface area (TPSA) is 60.3 Å². The number of halogens is 2. The van der Waals surface area contributed by atoms with Crippen molar-refractivity contribution in [2.24, 2.45) is 10.9 Å². The summed E-state index contributed by atoms with van der Waals surface area (Å²) in [5.74, 6) is 1.37. The van der Waals surface area contributed by atoms with E-state index in [9.17, 15) is 9.50 Å². The summed E-state index contributed by atoms with van der Waals surface area (Å²) in [6.07, 6.45) is 3.01. The highest BCUT2D eigenvalue weighted by Gasteiger charge is 2.20. The maximum Gasteiger partial charge on any atom is 0.194 e. The van der Waals surface area contributed by atoms with E-state index in [0.717, 1.165) is 76.6 Å². The first kappa shape index (κ1) is 26.9.